The normalized spacial score (nSPS) is 16.0. The highest BCUT2D eigenvalue weighted by Crippen LogP contribution is 2.39. The molecule has 1 aliphatic rings. The SMILES string of the molecule is OC(c1ncn(CCCOCc2ccccc2)n1)C1CC1. The first kappa shape index (κ1) is 14.2. The van der Waals surface area contributed by atoms with Crippen LogP contribution in [0.4, 0.5) is 0 Å². The maximum absolute atomic E-state index is 9.95. The van der Waals surface area contributed by atoms with Crippen LogP contribution in [0.15, 0.2) is 36.7 Å². The van der Waals surface area contributed by atoms with Crippen molar-refractivity contribution in [2.24, 2.45) is 5.92 Å². The molecule has 0 amide bonds. The van der Waals surface area contributed by atoms with Crippen LogP contribution in [0.5, 0.6) is 0 Å². The van der Waals surface area contributed by atoms with Gasteiger partial charge in [-0.05, 0) is 30.7 Å². The van der Waals surface area contributed by atoms with Gasteiger partial charge in [0, 0.05) is 13.2 Å². The van der Waals surface area contributed by atoms with E-state index in [0.717, 1.165) is 25.8 Å². The van der Waals surface area contributed by atoms with Crippen molar-refractivity contribution in [1.82, 2.24) is 14.8 Å². The molecule has 0 spiro atoms. The summed E-state index contributed by atoms with van der Waals surface area (Å²) in [5.41, 5.74) is 1.19. The second kappa shape index (κ2) is 6.83. The van der Waals surface area contributed by atoms with Crippen LogP contribution in [-0.4, -0.2) is 26.5 Å². The van der Waals surface area contributed by atoms with Crippen molar-refractivity contribution < 1.29 is 9.84 Å². The van der Waals surface area contributed by atoms with Crippen molar-refractivity contribution in [3.63, 3.8) is 0 Å². The van der Waals surface area contributed by atoms with Crippen LogP contribution in [0.3, 0.4) is 0 Å². The van der Waals surface area contributed by atoms with Gasteiger partial charge in [0.25, 0.3) is 0 Å². The molecule has 5 nitrogen and oxygen atoms in total. The number of aliphatic hydroxyl groups is 1. The number of aromatic nitrogens is 3. The molecular weight excluding hydrogens is 266 g/mol. The number of aryl methyl sites for hydroxylation is 1. The van der Waals surface area contributed by atoms with Crippen molar-refractivity contribution in [2.45, 2.75) is 38.5 Å². The van der Waals surface area contributed by atoms with E-state index in [1.54, 1.807) is 11.0 Å². The van der Waals surface area contributed by atoms with Crippen molar-refractivity contribution in [3.8, 4) is 0 Å². The van der Waals surface area contributed by atoms with Gasteiger partial charge in [0.1, 0.15) is 12.4 Å². The Hall–Kier alpha value is -1.72. The zero-order valence-electron chi connectivity index (χ0n) is 12.1. The second-order valence-corrected chi connectivity index (χ2v) is 5.54. The summed E-state index contributed by atoms with van der Waals surface area (Å²) in [7, 11) is 0. The lowest BCUT2D eigenvalue weighted by molar-refractivity contribution is 0.114. The Morgan fingerprint density at radius 3 is 2.86 bits per heavy atom. The molecule has 1 saturated carbocycles. The molecule has 1 fully saturated rings. The molecule has 112 valence electrons. The summed E-state index contributed by atoms with van der Waals surface area (Å²) in [5, 5.41) is 14.3. The lowest BCUT2D eigenvalue weighted by Gasteiger charge is -2.05. The minimum absolute atomic E-state index is 0.370. The van der Waals surface area contributed by atoms with Crippen LogP contribution >= 0.6 is 0 Å². The number of hydrogen-bond donors (Lipinski definition) is 1. The quantitative estimate of drug-likeness (QED) is 0.757. The largest absolute Gasteiger partial charge is 0.385 e. The fourth-order valence-electron chi connectivity index (χ4n) is 2.27. The molecule has 2 aromatic rings. The third-order valence-corrected chi connectivity index (χ3v) is 3.67. The number of rotatable bonds is 8. The van der Waals surface area contributed by atoms with Gasteiger partial charge in [-0.25, -0.2) is 4.98 Å². The van der Waals surface area contributed by atoms with Crippen LogP contribution in [0.2, 0.25) is 0 Å². The molecular formula is C16H21N3O2. The highest BCUT2D eigenvalue weighted by molar-refractivity contribution is 5.13. The van der Waals surface area contributed by atoms with Gasteiger partial charge < -0.3 is 9.84 Å². The van der Waals surface area contributed by atoms with Crippen molar-refractivity contribution in [3.05, 3.63) is 48.0 Å². The van der Waals surface area contributed by atoms with E-state index in [1.165, 1.54) is 5.56 Å². The Bertz CT molecular complexity index is 552. The fourth-order valence-corrected chi connectivity index (χ4v) is 2.27. The highest BCUT2D eigenvalue weighted by Gasteiger charge is 2.33. The van der Waals surface area contributed by atoms with E-state index < -0.39 is 6.10 Å². The van der Waals surface area contributed by atoms with Gasteiger partial charge in [-0.3, -0.25) is 4.68 Å². The summed E-state index contributed by atoms with van der Waals surface area (Å²) in [6, 6.07) is 10.1. The van der Waals surface area contributed by atoms with Crippen LogP contribution in [-0.2, 0) is 17.9 Å². The summed E-state index contributed by atoms with van der Waals surface area (Å²) in [6.07, 6.45) is 4.26. The monoisotopic (exact) mass is 287 g/mol. The zero-order valence-corrected chi connectivity index (χ0v) is 12.1. The lowest BCUT2D eigenvalue weighted by atomic mass is 10.2. The van der Waals surface area contributed by atoms with E-state index in [9.17, 15) is 5.11 Å². The Kier molecular flexibility index (Phi) is 4.62. The van der Waals surface area contributed by atoms with Gasteiger partial charge in [-0.2, -0.15) is 5.10 Å². The number of ether oxygens (including phenoxy) is 1. The van der Waals surface area contributed by atoms with Gasteiger partial charge in [0.15, 0.2) is 5.82 Å². The molecule has 0 radical (unpaired) electrons. The van der Waals surface area contributed by atoms with Gasteiger partial charge in [-0.1, -0.05) is 30.3 Å². The van der Waals surface area contributed by atoms with Crippen molar-refractivity contribution in [1.29, 1.82) is 0 Å². The minimum Gasteiger partial charge on any atom is -0.385 e. The van der Waals surface area contributed by atoms with Crippen molar-refractivity contribution in [2.75, 3.05) is 6.61 Å². The van der Waals surface area contributed by atoms with Gasteiger partial charge in [0.05, 0.1) is 6.61 Å². The fraction of sp³-hybridized carbons (Fsp3) is 0.500. The number of benzene rings is 1. The first-order valence-electron chi connectivity index (χ1n) is 7.52. The Morgan fingerprint density at radius 1 is 1.29 bits per heavy atom. The molecule has 0 saturated heterocycles. The van der Waals surface area contributed by atoms with E-state index in [-0.39, 0.29) is 0 Å². The van der Waals surface area contributed by atoms with E-state index in [4.69, 9.17) is 4.74 Å². The maximum Gasteiger partial charge on any atom is 0.179 e. The summed E-state index contributed by atoms with van der Waals surface area (Å²) in [4.78, 5) is 4.18. The Morgan fingerprint density at radius 2 is 2.10 bits per heavy atom. The molecule has 1 unspecified atom stereocenters. The third-order valence-electron chi connectivity index (χ3n) is 3.67. The average Bonchev–Trinajstić information content (AvgIpc) is 3.26. The van der Waals surface area contributed by atoms with E-state index >= 15 is 0 Å². The first-order chi connectivity index (χ1) is 10.3. The number of aliphatic hydroxyl groups excluding tert-OH is 1. The predicted molar refractivity (Wildman–Crippen MR) is 78.4 cm³/mol. The maximum atomic E-state index is 9.95. The molecule has 1 heterocycles. The Labute approximate surface area is 124 Å². The van der Waals surface area contributed by atoms with Crippen LogP contribution in [0.25, 0.3) is 0 Å². The number of hydrogen-bond acceptors (Lipinski definition) is 4. The molecule has 1 aliphatic carbocycles. The van der Waals surface area contributed by atoms with E-state index in [0.29, 0.717) is 25.0 Å². The molecule has 0 aliphatic heterocycles. The molecule has 1 aromatic carbocycles. The molecule has 1 aromatic heterocycles. The van der Waals surface area contributed by atoms with Crippen molar-refractivity contribution >= 4 is 0 Å². The van der Waals surface area contributed by atoms with Crippen LogP contribution in [0.1, 0.15) is 36.8 Å². The standard InChI is InChI=1S/C16H21N3O2/c20-15(14-7-8-14)16-17-12-19(18-16)9-4-10-21-11-13-5-2-1-3-6-13/h1-3,5-6,12,14-15,20H,4,7-11H2. The van der Waals surface area contributed by atoms with Crippen LogP contribution in [0, 0.1) is 5.92 Å². The van der Waals surface area contributed by atoms with Crippen LogP contribution < -0.4 is 0 Å². The van der Waals surface area contributed by atoms with E-state index in [2.05, 4.69) is 22.2 Å². The summed E-state index contributed by atoms with van der Waals surface area (Å²) in [5.74, 6) is 0.928. The predicted octanol–water partition coefficient (Wildman–Crippen LogP) is 2.33. The minimum atomic E-state index is -0.486. The molecule has 21 heavy (non-hydrogen) atoms. The van der Waals surface area contributed by atoms with Gasteiger partial charge in [-0.15, -0.1) is 0 Å². The summed E-state index contributed by atoms with van der Waals surface area (Å²) < 4.78 is 7.42. The lowest BCUT2D eigenvalue weighted by Crippen LogP contribution is -2.06. The third kappa shape index (κ3) is 4.12. The van der Waals surface area contributed by atoms with E-state index in [1.807, 2.05) is 18.2 Å². The smallest absolute Gasteiger partial charge is 0.179 e. The van der Waals surface area contributed by atoms with Gasteiger partial charge in [0.2, 0.25) is 0 Å². The summed E-state index contributed by atoms with van der Waals surface area (Å²) in [6.45, 7) is 2.10. The highest BCUT2D eigenvalue weighted by atomic mass is 16.5. The Balaban J connectivity index is 1.35. The molecule has 1 N–H and O–H groups in total. The topological polar surface area (TPSA) is 60.2 Å². The average molecular weight is 287 g/mol. The molecule has 1 atom stereocenters. The zero-order chi connectivity index (χ0) is 14.5. The second-order valence-electron chi connectivity index (χ2n) is 5.54. The molecule has 5 heteroatoms. The molecule has 3 rings (SSSR count). The first-order valence-corrected chi connectivity index (χ1v) is 7.52. The van der Waals surface area contributed by atoms with Gasteiger partial charge >= 0.3 is 0 Å². The summed E-state index contributed by atoms with van der Waals surface area (Å²) >= 11 is 0. The molecule has 0 bridgehead atoms. The number of nitrogens with zero attached hydrogens (tertiary/aromatic N) is 3.